The molecule has 1 aliphatic rings. The van der Waals surface area contributed by atoms with Crippen LogP contribution in [0.4, 0.5) is 0 Å². The molecule has 0 aromatic heterocycles. The molecule has 0 N–H and O–H groups in total. The molecule has 1 unspecified atom stereocenters. The van der Waals surface area contributed by atoms with Crippen LogP contribution in [-0.2, 0) is 0 Å². The Kier molecular flexibility index (Phi) is 3.85. The Morgan fingerprint density at radius 3 is 1.88 bits per heavy atom. The van der Waals surface area contributed by atoms with Crippen LogP contribution in [0.25, 0.3) is 31.3 Å². The third-order valence-electron chi connectivity index (χ3n) is 2.61. The minimum atomic E-state index is -0.648. The topological polar surface area (TPSA) is 146 Å². The fourth-order valence-corrected chi connectivity index (χ4v) is 2.09. The van der Waals surface area contributed by atoms with Crippen LogP contribution in [0.3, 0.4) is 0 Å². The Balaban J connectivity index is 2.93. The van der Waals surface area contributed by atoms with Gasteiger partial charge in [0.15, 0.2) is 0 Å². The Morgan fingerprint density at radius 1 is 1.00 bits per heavy atom. The third kappa shape index (κ3) is 2.96. The summed E-state index contributed by atoms with van der Waals surface area (Å²) < 4.78 is 0. The van der Waals surface area contributed by atoms with Crippen molar-refractivity contribution in [3.05, 3.63) is 31.3 Å². The van der Waals surface area contributed by atoms with Gasteiger partial charge in [0, 0.05) is 32.4 Å². The van der Waals surface area contributed by atoms with Gasteiger partial charge in [-0.15, -0.1) is 0 Å². The van der Waals surface area contributed by atoms with E-state index in [0.717, 1.165) is 0 Å². The van der Waals surface area contributed by atoms with Crippen LogP contribution in [-0.4, -0.2) is 17.6 Å². The standard InChI is InChI=1S/C7H11N9/c1-7(13-16-10)3-5(11-14-8)2-6(4-7)12-15-9/h5-6H,2-4H2,1H3/t5-,6+,7?. The summed E-state index contributed by atoms with van der Waals surface area (Å²) in [5, 5.41) is 10.9. The predicted molar refractivity (Wildman–Crippen MR) is 57.3 cm³/mol. The maximum absolute atomic E-state index is 8.47. The second-order valence-electron chi connectivity index (χ2n) is 4.05. The first-order valence-corrected chi connectivity index (χ1v) is 4.78. The SMILES string of the molecule is CC1(N=[N+]=[N-])C[C@H](N=[N+]=[N-])C[C@H](N=[N+]=[N-])C1. The number of azide groups is 3. The summed E-state index contributed by atoms with van der Waals surface area (Å²) in [4.78, 5) is 8.25. The van der Waals surface area contributed by atoms with Crippen LogP contribution in [0.15, 0.2) is 15.3 Å². The van der Waals surface area contributed by atoms with Crippen molar-refractivity contribution in [3.63, 3.8) is 0 Å². The Bertz CT molecular complexity index is 370. The first-order valence-electron chi connectivity index (χ1n) is 4.78. The lowest BCUT2D eigenvalue weighted by molar-refractivity contribution is 0.263. The highest BCUT2D eigenvalue weighted by Gasteiger charge is 2.35. The summed E-state index contributed by atoms with van der Waals surface area (Å²) >= 11 is 0. The molecule has 0 heterocycles. The minimum absolute atomic E-state index is 0.287. The number of rotatable bonds is 3. The van der Waals surface area contributed by atoms with E-state index in [2.05, 4.69) is 30.1 Å². The first-order chi connectivity index (χ1) is 7.63. The lowest BCUT2D eigenvalue weighted by Gasteiger charge is -2.35. The molecule has 1 fully saturated rings. The lowest BCUT2D eigenvalue weighted by Crippen LogP contribution is -2.38. The summed E-state index contributed by atoms with van der Waals surface area (Å²) in [6.07, 6.45) is 1.47. The quantitative estimate of drug-likeness (QED) is 0.389. The van der Waals surface area contributed by atoms with Gasteiger partial charge in [-0.05, 0) is 35.9 Å². The van der Waals surface area contributed by atoms with E-state index in [1.807, 2.05) is 0 Å². The fraction of sp³-hybridized carbons (Fsp3) is 1.00. The molecule has 9 nitrogen and oxygen atoms in total. The molecule has 0 aliphatic heterocycles. The van der Waals surface area contributed by atoms with Gasteiger partial charge in [0.25, 0.3) is 0 Å². The van der Waals surface area contributed by atoms with Crippen molar-refractivity contribution in [1.82, 2.24) is 0 Å². The molecule has 0 amide bonds. The second kappa shape index (κ2) is 5.14. The number of hydrogen-bond donors (Lipinski definition) is 0. The Labute approximate surface area is 91.3 Å². The van der Waals surface area contributed by atoms with E-state index < -0.39 is 5.54 Å². The van der Waals surface area contributed by atoms with Gasteiger partial charge in [0.1, 0.15) is 0 Å². The highest BCUT2D eigenvalue weighted by molar-refractivity contribution is 4.98. The molecule has 0 aromatic carbocycles. The molecule has 16 heavy (non-hydrogen) atoms. The zero-order valence-electron chi connectivity index (χ0n) is 8.80. The summed E-state index contributed by atoms with van der Waals surface area (Å²) in [6, 6.07) is -0.575. The molecule has 3 atom stereocenters. The molecular formula is C7H11N9. The highest BCUT2D eigenvalue weighted by Crippen LogP contribution is 2.35. The van der Waals surface area contributed by atoms with Gasteiger partial charge in [-0.2, -0.15) is 0 Å². The molecule has 84 valence electrons. The average Bonchev–Trinajstić information content (AvgIpc) is 2.17. The first kappa shape index (κ1) is 12.0. The Morgan fingerprint density at radius 2 is 1.50 bits per heavy atom. The third-order valence-corrected chi connectivity index (χ3v) is 2.61. The van der Waals surface area contributed by atoms with Gasteiger partial charge < -0.3 is 0 Å². The molecule has 1 aliphatic carbocycles. The van der Waals surface area contributed by atoms with Crippen molar-refractivity contribution in [1.29, 1.82) is 0 Å². The summed E-state index contributed by atoms with van der Waals surface area (Å²) in [6.45, 7) is 1.77. The van der Waals surface area contributed by atoms with Crippen molar-refractivity contribution in [2.75, 3.05) is 0 Å². The van der Waals surface area contributed by atoms with Gasteiger partial charge in [-0.25, -0.2) is 0 Å². The van der Waals surface area contributed by atoms with E-state index >= 15 is 0 Å². The van der Waals surface area contributed by atoms with E-state index in [4.69, 9.17) is 16.6 Å². The normalized spacial score (nSPS) is 32.8. The van der Waals surface area contributed by atoms with E-state index in [9.17, 15) is 0 Å². The molecule has 9 heteroatoms. The van der Waals surface area contributed by atoms with E-state index in [1.165, 1.54) is 0 Å². The van der Waals surface area contributed by atoms with Gasteiger partial charge in [0.05, 0.1) is 0 Å². The molecule has 0 radical (unpaired) electrons. The van der Waals surface area contributed by atoms with Crippen molar-refractivity contribution < 1.29 is 0 Å². The molecule has 0 aromatic rings. The second-order valence-corrected chi connectivity index (χ2v) is 4.05. The Hall–Kier alpha value is -2.07. The monoisotopic (exact) mass is 221 g/mol. The van der Waals surface area contributed by atoms with Crippen LogP contribution >= 0.6 is 0 Å². The molecule has 1 rings (SSSR count). The average molecular weight is 221 g/mol. The lowest BCUT2D eigenvalue weighted by atomic mass is 9.79. The van der Waals surface area contributed by atoms with Crippen molar-refractivity contribution in [2.45, 2.75) is 43.8 Å². The zero-order chi connectivity index (χ0) is 12.0. The summed E-state index contributed by atoms with van der Waals surface area (Å²) in [5.74, 6) is 0. The molecule has 0 spiro atoms. The van der Waals surface area contributed by atoms with Crippen LogP contribution in [0, 0.1) is 0 Å². The number of hydrogen-bond acceptors (Lipinski definition) is 3. The smallest absolute Gasteiger partial charge is 0.0468 e. The van der Waals surface area contributed by atoms with Gasteiger partial charge >= 0.3 is 0 Å². The predicted octanol–water partition coefficient (Wildman–Crippen LogP) is 3.60. The van der Waals surface area contributed by atoms with Crippen molar-refractivity contribution in [2.24, 2.45) is 15.3 Å². The van der Waals surface area contributed by atoms with E-state index in [0.29, 0.717) is 19.3 Å². The van der Waals surface area contributed by atoms with Gasteiger partial charge in [0.2, 0.25) is 0 Å². The summed E-state index contributed by atoms with van der Waals surface area (Å²) in [5.41, 5.74) is 24.6. The van der Waals surface area contributed by atoms with Crippen molar-refractivity contribution >= 4 is 0 Å². The molecular weight excluding hydrogens is 210 g/mol. The van der Waals surface area contributed by atoms with Crippen LogP contribution < -0.4 is 0 Å². The maximum Gasteiger partial charge on any atom is 0.0468 e. The zero-order valence-corrected chi connectivity index (χ0v) is 8.80. The van der Waals surface area contributed by atoms with Crippen LogP contribution in [0.2, 0.25) is 0 Å². The largest absolute Gasteiger partial charge is 0.0906 e. The van der Waals surface area contributed by atoms with Crippen LogP contribution in [0.5, 0.6) is 0 Å². The number of nitrogens with zero attached hydrogens (tertiary/aromatic N) is 9. The maximum atomic E-state index is 8.47. The highest BCUT2D eigenvalue weighted by atomic mass is 15.2. The van der Waals surface area contributed by atoms with E-state index in [1.54, 1.807) is 6.92 Å². The molecule has 1 saturated carbocycles. The fourth-order valence-electron chi connectivity index (χ4n) is 2.09. The van der Waals surface area contributed by atoms with Gasteiger partial charge in [-0.1, -0.05) is 22.3 Å². The van der Waals surface area contributed by atoms with Crippen molar-refractivity contribution in [3.8, 4) is 0 Å². The molecule has 0 saturated heterocycles. The summed E-state index contributed by atoms with van der Waals surface area (Å²) in [7, 11) is 0. The minimum Gasteiger partial charge on any atom is -0.0906 e. The van der Waals surface area contributed by atoms with Crippen LogP contribution in [0.1, 0.15) is 26.2 Å². The molecule has 0 bridgehead atoms. The van der Waals surface area contributed by atoms with E-state index in [-0.39, 0.29) is 12.1 Å². The van der Waals surface area contributed by atoms with Gasteiger partial charge in [-0.3, -0.25) is 0 Å².